The highest BCUT2D eigenvalue weighted by molar-refractivity contribution is 4.87. The summed E-state index contributed by atoms with van der Waals surface area (Å²) in [6.07, 6.45) is 5.52. The van der Waals surface area contributed by atoms with Crippen molar-refractivity contribution in [1.29, 1.82) is 0 Å². The molecule has 0 aromatic rings. The highest BCUT2D eigenvalue weighted by Crippen LogP contribution is 2.21. The Labute approximate surface area is 119 Å². The summed E-state index contributed by atoms with van der Waals surface area (Å²) < 4.78 is 0. The first-order valence-corrected chi connectivity index (χ1v) is 8.25. The fourth-order valence-corrected chi connectivity index (χ4v) is 3.64. The molecule has 4 unspecified atom stereocenters. The zero-order valence-corrected chi connectivity index (χ0v) is 13.4. The van der Waals surface area contributed by atoms with Crippen LogP contribution in [0.3, 0.4) is 0 Å². The summed E-state index contributed by atoms with van der Waals surface area (Å²) in [5.74, 6) is 0.773. The van der Waals surface area contributed by atoms with Crippen molar-refractivity contribution in [3.63, 3.8) is 0 Å². The van der Waals surface area contributed by atoms with Crippen LogP contribution in [0.25, 0.3) is 0 Å². The van der Waals surface area contributed by atoms with E-state index in [9.17, 15) is 0 Å². The highest BCUT2D eigenvalue weighted by atomic mass is 15.2. The minimum absolute atomic E-state index is 0.697. The molecule has 0 radical (unpaired) electrons. The molecule has 112 valence electrons. The molecule has 3 heteroatoms. The first-order chi connectivity index (χ1) is 9.08. The normalized spacial score (nSPS) is 36.3. The van der Waals surface area contributed by atoms with Gasteiger partial charge in [-0.15, -0.1) is 0 Å². The van der Waals surface area contributed by atoms with Crippen LogP contribution in [0.4, 0.5) is 0 Å². The third kappa shape index (κ3) is 4.17. The summed E-state index contributed by atoms with van der Waals surface area (Å²) in [5.41, 5.74) is 0. The lowest BCUT2D eigenvalue weighted by molar-refractivity contribution is 0.110. The largest absolute Gasteiger partial charge is 0.312 e. The van der Waals surface area contributed by atoms with Crippen LogP contribution in [0.1, 0.15) is 46.5 Å². The smallest absolute Gasteiger partial charge is 0.0192 e. The molecule has 3 nitrogen and oxygen atoms in total. The molecule has 0 aliphatic carbocycles. The number of hydrogen-bond donors (Lipinski definition) is 1. The monoisotopic (exact) mass is 267 g/mol. The predicted molar refractivity (Wildman–Crippen MR) is 82.5 cm³/mol. The summed E-state index contributed by atoms with van der Waals surface area (Å²) >= 11 is 0. The van der Waals surface area contributed by atoms with Gasteiger partial charge in [0.15, 0.2) is 0 Å². The molecule has 0 bridgehead atoms. The van der Waals surface area contributed by atoms with E-state index in [1.807, 2.05) is 0 Å². The lowest BCUT2D eigenvalue weighted by Gasteiger charge is -2.41. The fourth-order valence-electron chi connectivity index (χ4n) is 3.64. The van der Waals surface area contributed by atoms with Crippen molar-refractivity contribution in [2.45, 2.75) is 64.6 Å². The van der Waals surface area contributed by atoms with Crippen molar-refractivity contribution in [2.75, 3.05) is 33.2 Å². The maximum atomic E-state index is 3.85. The molecule has 1 N–H and O–H groups in total. The summed E-state index contributed by atoms with van der Waals surface area (Å²) in [4.78, 5) is 5.16. The first-order valence-electron chi connectivity index (χ1n) is 8.25. The Kier molecular flexibility index (Phi) is 5.67. The third-order valence-electron chi connectivity index (χ3n) is 5.30. The summed E-state index contributed by atoms with van der Waals surface area (Å²) in [5, 5.41) is 3.85. The van der Waals surface area contributed by atoms with E-state index in [2.05, 4.69) is 42.9 Å². The second kappa shape index (κ2) is 7.05. The van der Waals surface area contributed by atoms with Crippen molar-refractivity contribution in [1.82, 2.24) is 15.1 Å². The van der Waals surface area contributed by atoms with Gasteiger partial charge in [-0.25, -0.2) is 0 Å². The maximum absolute atomic E-state index is 3.85. The molecule has 2 saturated heterocycles. The Bertz CT molecular complexity index is 263. The molecule has 0 aromatic heterocycles. The van der Waals surface area contributed by atoms with E-state index in [4.69, 9.17) is 0 Å². The van der Waals surface area contributed by atoms with Crippen molar-refractivity contribution >= 4 is 0 Å². The van der Waals surface area contributed by atoms with Crippen LogP contribution in [-0.4, -0.2) is 61.2 Å². The second-order valence-corrected chi connectivity index (χ2v) is 6.96. The SMILES string of the molecule is CC1CN(C)C(C)CC1NCC(C)N1CCCCC1. The quantitative estimate of drug-likeness (QED) is 0.842. The average molecular weight is 267 g/mol. The maximum Gasteiger partial charge on any atom is 0.0192 e. The molecule has 2 aliphatic rings. The van der Waals surface area contributed by atoms with Crippen LogP contribution >= 0.6 is 0 Å². The number of piperidine rings is 2. The van der Waals surface area contributed by atoms with E-state index in [1.165, 1.54) is 45.3 Å². The standard InChI is InChI=1S/C16H33N3/c1-13-12-18(4)14(2)10-16(13)17-11-15(3)19-8-6-5-7-9-19/h13-17H,5-12H2,1-4H3. The number of nitrogens with zero attached hydrogens (tertiary/aromatic N) is 2. The van der Waals surface area contributed by atoms with Crippen LogP contribution in [0.15, 0.2) is 0 Å². The lowest BCUT2D eigenvalue weighted by Crippen LogP contribution is -2.53. The van der Waals surface area contributed by atoms with Crippen LogP contribution in [-0.2, 0) is 0 Å². The van der Waals surface area contributed by atoms with Gasteiger partial charge in [-0.3, -0.25) is 4.90 Å². The van der Waals surface area contributed by atoms with E-state index in [-0.39, 0.29) is 0 Å². The van der Waals surface area contributed by atoms with Gasteiger partial charge in [-0.2, -0.15) is 0 Å². The van der Waals surface area contributed by atoms with Crippen LogP contribution in [0.5, 0.6) is 0 Å². The summed E-state index contributed by atoms with van der Waals surface area (Å²) in [6.45, 7) is 12.1. The summed E-state index contributed by atoms with van der Waals surface area (Å²) in [6, 6.07) is 2.12. The Morgan fingerprint density at radius 2 is 1.84 bits per heavy atom. The zero-order valence-electron chi connectivity index (χ0n) is 13.4. The third-order valence-corrected chi connectivity index (χ3v) is 5.30. The van der Waals surface area contributed by atoms with Crippen molar-refractivity contribution in [2.24, 2.45) is 5.92 Å². The van der Waals surface area contributed by atoms with Gasteiger partial charge in [-0.1, -0.05) is 13.3 Å². The van der Waals surface area contributed by atoms with E-state index in [0.717, 1.165) is 18.5 Å². The second-order valence-electron chi connectivity index (χ2n) is 6.96. The minimum atomic E-state index is 0.697. The molecule has 0 saturated carbocycles. The molecule has 4 atom stereocenters. The Hall–Kier alpha value is -0.120. The molecule has 2 rings (SSSR count). The van der Waals surface area contributed by atoms with Gasteiger partial charge < -0.3 is 10.2 Å². The predicted octanol–water partition coefficient (Wildman–Crippen LogP) is 2.18. The van der Waals surface area contributed by atoms with Gasteiger partial charge in [0.2, 0.25) is 0 Å². The molecule has 2 aliphatic heterocycles. The molecule has 0 spiro atoms. The fraction of sp³-hybridized carbons (Fsp3) is 1.00. The molecular weight excluding hydrogens is 234 g/mol. The molecule has 0 amide bonds. The van der Waals surface area contributed by atoms with E-state index in [0.29, 0.717) is 12.1 Å². The van der Waals surface area contributed by atoms with Gasteiger partial charge in [-0.05, 0) is 59.2 Å². The van der Waals surface area contributed by atoms with Gasteiger partial charge >= 0.3 is 0 Å². The van der Waals surface area contributed by atoms with Gasteiger partial charge in [0, 0.05) is 31.2 Å². The van der Waals surface area contributed by atoms with Gasteiger partial charge in [0.1, 0.15) is 0 Å². The molecule has 19 heavy (non-hydrogen) atoms. The van der Waals surface area contributed by atoms with Gasteiger partial charge in [0.25, 0.3) is 0 Å². The lowest BCUT2D eigenvalue weighted by atomic mass is 9.89. The molecule has 0 aromatic carbocycles. The highest BCUT2D eigenvalue weighted by Gasteiger charge is 2.29. The Morgan fingerprint density at radius 3 is 2.53 bits per heavy atom. The zero-order chi connectivity index (χ0) is 13.8. The number of nitrogens with one attached hydrogen (secondary N) is 1. The van der Waals surface area contributed by atoms with Crippen LogP contribution in [0.2, 0.25) is 0 Å². The Balaban J connectivity index is 1.74. The van der Waals surface area contributed by atoms with E-state index < -0.39 is 0 Å². The van der Waals surface area contributed by atoms with Gasteiger partial charge in [0.05, 0.1) is 0 Å². The van der Waals surface area contributed by atoms with E-state index in [1.54, 1.807) is 0 Å². The van der Waals surface area contributed by atoms with Crippen molar-refractivity contribution in [3.8, 4) is 0 Å². The van der Waals surface area contributed by atoms with Crippen LogP contribution < -0.4 is 5.32 Å². The number of rotatable bonds is 4. The number of likely N-dealkylation sites (tertiary alicyclic amines) is 2. The number of hydrogen-bond acceptors (Lipinski definition) is 3. The van der Waals surface area contributed by atoms with E-state index >= 15 is 0 Å². The van der Waals surface area contributed by atoms with Crippen molar-refractivity contribution < 1.29 is 0 Å². The van der Waals surface area contributed by atoms with Crippen molar-refractivity contribution in [3.05, 3.63) is 0 Å². The summed E-state index contributed by atoms with van der Waals surface area (Å²) in [7, 11) is 2.26. The topological polar surface area (TPSA) is 18.5 Å². The average Bonchev–Trinajstić information content (AvgIpc) is 2.42. The van der Waals surface area contributed by atoms with Crippen LogP contribution in [0, 0.1) is 5.92 Å². The first kappa shape index (κ1) is 15.3. The molecular formula is C16H33N3. The molecule has 2 heterocycles. The Morgan fingerprint density at radius 1 is 1.16 bits per heavy atom. The minimum Gasteiger partial charge on any atom is -0.312 e. The molecule has 2 fully saturated rings.